The minimum atomic E-state index is -3.74. The first-order valence-electron chi connectivity index (χ1n) is 6.32. The topological polar surface area (TPSA) is 113 Å². The zero-order chi connectivity index (χ0) is 14.9. The predicted molar refractivity (Wildman–Crippen MR) is 72.3 cm³/mol. The molecule has 1 aliphatic rings. The van der Waals surface area contributed by atoms with Crippen molar-refractivity contribution in [2.75, 3.05) is 6.54 Å². The molecule has 2 rings (SSSR count). The lowest BCUT2D eigenvalue weighted by Crippen LogP contribution is -2.48. The molecule has 1 aliphatic heterocycles. The number of primary amides is 1. The lowest BCUT2D eigenvalue weighted by Gasteiger charge is -2.35. The van der Waals surface area contributed by atoms with Crippen LogP contribution in [0.4, 0.5) is 0 Å². The van der Waals surface area contributed by atoms with Crippen LogP contribution in [-0.4, -0.2) is 36.2 Å². The molecule has 0 spiro atoms. The maximum Gasteiger partial charge on any atom is 0.247 e. The molecular formula is C12H17N3O4S. The molecule has 1 saturated heterocycles. The molecule has 1 amide bonds. The summed E-state index contributed by atoms with van der Waals surface area (Å²) in [6, 6.07) is 2.21. The van der Waals surface area contributed by atoms with Crippen LogP contribution in [0.5, 0.6) is 0 Å². The number of nitrogens with two attached hydrogens (primary N) is 1. The third-order valence-corrected chi connectivity index (χ3v) is 5.57. The van der Waals surface area contributed by atoms with E-state index in [4.69, 9.17) is 5.73 Å². The molecule has 0 bridgehead atoms. The van der Waals surface area contributed by atoms with Crippen LogP contribution in [0, 0.1) is 5.92 Å². The predicted octanol–water partition coefficient (Wildman–Crippen LogP) is -0.351. The minimum absolute atomic E-state index is 0.00840. The van der Waals surface area contributed by atoms with E-state index in [0.717, 1.165) is 12.3 Å². The highest BCUT2D eigenvalue weighted by Crippen LogP contribution is 2.27. The van der Waals surface area contributed by atoms with Gasteiger partial charge in [-0.2, -0.15) is 4.31 Å². The molecule has 2 atom stereocenters. The van der Waals surface area contributed by atoms with Gasteiger partial charge in [-0.25, -0.2) is 8.42 Å². The first kappa shape index (κ1) is 14.7. The Kier molecular flexibility index (Phi) is 3.96. The average Bonchev–Trinajstić information content (AvgIpc) is 2.39. The van der Waals surface area contributed by atoms with Crippen LogP contribution in [-0.2, 0) is 14.8 Å². The average molecular weight is 299 g/mol. The van der Waals surface area contributed by atoms with Gasteiger partial charge in [-0.05, 0) is 25.8 Å². The summed E-state index contributed by atoms with van der Waals surface area (Å²) < 4.78 is 26.3. The Bertz CT molecular complexity index is 647. The van der Waals surface area contributed by atoms with Gasteiger partial charge < -0.3 is 10.7 Å². The molecule has 1 aromatic rings. The van der Waals surface area contributed by atoms with E-state index in [0.29, 0.717) is 12.8 Å². The molecule has 7 nitrogen and oxygen atoms in total. The van der Waals surface area contributed by atoms with Crippen LogP contribution in [0.2, 0.25) is 0 Å². The van der Waals surface area contributed by atoms with Crippen LogP contribution in [0.25, 0.3) is 0 Å². The van der Waals surface area contributed by atoms with E-state index < -0.39 is 21.8 Å². The van der Waals surface area contributed by atoms with Gasteiger partial charge in [-0.15, -0.1) is 0 Å². The number of hydrogen-bond acceptors (Lipinski definition) is 4. The first-order chi connectivity index (χ1) is 9.32. The van der Waals surface area contributed by atoms with Crippen LogP contribution in [0.1, 0.15) is 19.8 Å². The van der Waals surface area contributed by atoms with Gasteiger partial charge in [0, 0.05) is 24.8 Å². The van der Waals surface area contributed by atoms with Crippen molar-refractivity contribution >= 4 is 15.9 Å². The van der Waals surface area contributed by atoms with Crippen LogP contribution in [0.15, 0.2) is 28.0 Å². The summed E-state index contributed by atoms with van der Waals surface area (Å²) in [7, 11) is -3.74. The lowest BCUT2D eigenvalue weighted by molar-refractivity contribution is -0.123. The van der Waals surface area contributed by atoms with E-state index in [-0.39, 0.29) is 23.0 Å². The molecule has 0 aliphatic carbocycles. The largest absolute Gasteiger partial charge is 0.369 e. The molecule has 2 unspecified atom stereocenters. The Morgan fingerprint density at radius 1 is 1.40 bits per heavy atom. The summed E-state index contributed by atoms with van der Waals surface area (Å²) >= 11 is 0. The highest BCUT2D eigenvalue weighted by molar-refractivity contribution is 7.89. The number of aromatic nitrogens is 1. The number of carbonyl (C=O) groups excluding carboxylic acids is 1. The van der Waals surface area contributed by atoms with Crippen molar-refractivity contribution in [1.82, 2.24) is 9.29 Å². The summed E-state index contributed by atoms with van der Waals surface area (Å²) in [4.78, 5) is 24.6. The molecule has 1 fully saturated rings. The van der Waals surface area contributed by atoms with Crippen molar-refractivity contribution in [1.29, 1.82) is 0 Å². The monoisotopic (exact) mass is 299 g/mol. The second kappa shape index (κ2) is 5.37. The van der Waals surface area contributed by atoms with Crippen molar-refractivity contribution in [2.24, 2.45) is 11.7 Å². The number of nitrogens with one attached hydrogen (secondary N) is 1. The Hall–Kier alpha value is -1.67. The maximum absolute atomic E-state index is 12.5. The van der Waals surface area contributed by atoms with Crippen LogP contribution >= 0.6 is 0 Å². The Labute approximate surface area is 116 Å². The number of aromatic amines is 1. The quantitative estimate of drug-likeness (QED) is 0.794. The number of H-pyrrole nitrogens is 1. The Balaban J connectivity index is 2.34. The van der Waals surface area contributed by atoms with Gasteiger partial charge in [0.2, 0.25) is 21.5 Å². The van der Waals surface area contributed by atoms with Crippen molar-refractivity contribution in [3.05, 3.63) is 28.7 Å². The van der Waals surface area contributed by atoms with E-state index in [1.54, 1.807) is 6.92 Å². The Morgan fingerprint density at radius 2 is 2.10 bits per heavy atom. The zero-order valence-corrected chi connectivity index (χ0v) is 11.9. The number of piperidine rings is 1. The second-order valence-corrected chi connectivity index (χ2v) is 6.88. The number of pyridine rings is 1. The van der Waals surface area contributed by atoms with Gasteiger partial charge in [0.25, 0.3) is 0 Å². The number of sulfonamides is 1. The summed E-state index contributed by atoms with van der Waals surface area (Å²) in [5, 5.41) is 0. The van der Waals surface area contributed by atoms with Gasteiger partial charge in [0.05, 0.1) is 10.8 Å². The molecule has 20 heavy (non-hydrogen) atoms. The fourth-order valence-electron chi connectivity index (χ4n) is 2.33. The molecular weight excluding hydrogens is 282 g/mol. The van der Waals surface area contributed by atoms with Gasteiger partial charge in [-0.1, -0.05) is 0 Å². The summed E-state index contributed by atoms with van der Waals surface area (Å²) in [6.07, 6.45) is 2.34. The van der Waals surface area contributed by atoms with E-state index in [1.807, 2.05) is 0 Å². The standard InChI is InChI=1S/C12H17N3O4S/c1-8-2-3-9(12(13)17)7-15(8)20(18,19)10-4-5-11(16)14-6-10/h4-6,8-9H,2-3,7H2,1H3,(H2,13,17)(H,14,16). The smallest absolute Gasteiger partial charge is 0.247 e. The number of rotatable bonds is 3. The van der Waals surface area contributed by atoms with Gasteiger partial charge in [0.1, 0.15) is 0 Å². The van der Waals surface area contributed by atoms with Gasteiger partial charge in [0.15, 0.2) is 0 Å². The molecule has 0 aromatic carbocycles. The Morgan fingerprint density at radius 3 is 2.65 bits per heavy atom. The molecule has 0 saturated carbocycles. The van der Waals surface area contributed by atoms with E-state index in [1.165, 1.54) is 10.4 Å². The number of nitrogens with zero attached hydrogens (tertiary/aromatic N) is 1. The van der Waals surface area contributed by atoms with Crippen LogP contribution in [0.3, 0.4) is 0 Å². The fourth-order valence-corrected chi connectivity index (χ4v) is 4.01. The van der Waals surface area contributed by atoms with Gasteiger partial charge in [-0.3, -0.25) is 9.59 Å². The number of hydrogen-bond donors (Lipinski definition) is 2. The molecule has 1 aromatic heterocycles. The normalized spacial score (nSPS) is 24.4. The molecule has 3 N–H and O–H groups in total. The van der Waals surface area contributed by atoms with E-state index >= 15 is 0 Å². The maximum atomic E-state index is 12.5. The minimum Gasteiger partial charge on any atom is -0.369 e. The van der Waals surface area contributed by atoms with Crippen molar-refractivity contribution < 1.29 is 13.2 Å². The number of amides is 1. The van der Waals surface area contributed by atoms with Crippen LogP contribution < -0.4 is 11.3 Å². The van der Waals surface area contributed by atoms with Crippen molar-refractivity contribution in [2.45, 2.75) is 30.7 Å². The SMILES string of the molecule is CC1CCC(C(N)=O)CN1S(=O)(=O)c1ccc(=O)[nH]c1. The summed E-state index contributed by atoms with van der Waals surface area (Å²) in [5.41, 5.74) is 4.90. The molecule has 2 heterocycles. The fraction of sp³-hybridized carbons (Fsp3) is 0.500. The number of carbonyl (C=O) groups is 1. The molecule has 110 valence electrons. The van der Waals surface area contributed by atoms with E-state index in [2.05, 4.69) is 4.98 Å². The van der Waals surface area contributed by atoms with Gasteiger partial charge >= 0.3 is 0 Å². The van der Waals surface area contributed by atoms with E-state index in [9.17, 15) is 18.0 Å². The molecule has 8 heteroatoms. The second-order valence-electron chi connectivity index (χ2n) is 4.99. The first-order valence-corrected chi connectivity index (χ1v) is 7.76. The third kappa shape index (κ3) is 2.75. The summed E-state index contributed by atoms with van der Waals surface area (Å²) in [6.45, 7) is 1.87. The zero-order valence-electron chi connectivity index (χ0n) is 11.1. The summed E-state index contributed by atoms with van der Waals surface area (Å²) in [5.74, 6) is -0.956. The van der Waals surface area contributed by atoms with Crippen molar-refractivity contribution in [3.63, 3.8) is 0 Å². The highest BCUT2D eigenvalue weighted by atomic mass is 32.2. The van der Waals surface area contributed by atoms with Crippen molar-refractivity contribution in [3.8, 4) is 0 Å². The lowest BCUT2D eigenvalue weighted by atomic mass is 9.95. The molecule has 0 radical (unpaired) electrons. The highest BCUT2D eigenvalue weighted by Gasteiger charge is 2.36. The third-order valence-electron chi connectivity index (χ3n) is 3.59.